The molecule has 0 saturated heterocycles. The summed E-state index contributed by atoms with van der Waals surface area (Å²) in [5, 5.41) is 20.9. The van der Waals surface area contributed by atoms with E-state index in [1.54, 1.807) is 24.3 Å². The zero-order valence-corrected chi connectivity index (χ0v) is 14.7. The molecule has 0 saturated carbocycles. The first-order chi connectivity index (χ1) is 12.6. The van der Waals surface area contributed by atoms with Gasteiger partial charge in [-0.15, -0.1) is 10.2 Å². The third-order valence-electron chi connectivity index (χ3n) is 4.29. The van der Waals surface area contributed by atoms with Gasteiger partial charge in [-0.1, -0.05) is 31.2 Å². The molecule has 0 bridgehead atoms. The molecule has 3 aromatic rings. The van der Waals surface area contributed by atoms with Crippen molar-refractivity contribution in [2.75, 3.05) is 11.9 Å². The average molecular weight is 346 g/mol. The van der Waals surface area contributed by atoms with E-state index < -0.39 is 0 Å². The molecule has 0 aliphatic rings. The Bertz CT molecular complexity index is 945. The number of aryl methyl sites for hydroxylation is 1. The van der Waals surface area contributed by atoms with Crippen LogP contribution < -0.4 is 5.32 Å². The number of nitriles is 1. The highest BCUT2D eigenvalue weighted by atomic mass is 19.1. The van der Waals surface area contributed by atoms with Gasteiger partial charge in [-0.3, -0.25) is 0 Å². The lowest BCUT2D eigenvalue weighted by Crippen LogP contribution is -2.12. The second-order valence-electron chi connectivity index (χ2n) is 6.29. The maximum atomic E-state index is 13.0. The summed E-state index contributed by atoms with van der Waals surface area (Å²) in [6, 6.07) is 17.9. The van der Waals surface area contributed by atoms with E-state index in [1.807, 2.05) is 25.1 Å². The summed E-state index contributed by atoms with van der Waals surface area (Å²) in [5.74, 6) is 0.703. The van der Waals surface area contributed by atoms with Gasteiger partial charge in [-0.2, -0.15) is 5.26 Å². The maximum Gasteiger partial charge on any atom is 0.151 e. The van der Waals surface area contributed by atoms with Gasteiger partial charge < -0.3 is 5.32 Å². The number of hydrogen-bond donors (Lipinski definition) is 1. The summed E-state index contributed by atoms with van der Waals surface area (Å²) in [6.07, 6.45) is 0. The van der Waals surface area contributed by atoms with Gasteiger partial charge in [0.2, 0.25) is 0 Å². The molecule has 1 heterocycles. The molecule has 4 nitrogen and oxygen atoms in total. The molecule has 0 radical (unpaired) electrons. The van der Waals surface area contributed by atoms with E-state index in [0.717, 1.165) is 28.2 Å². The Morgan fingerprint density at radius 3 is 2.58 bits per heavy atom. The van der Waals surface area contributed by atoms with Gasteiger partial charge in [-0.25, -0.2) is 4.39 Å². The first kappa shape index (κ1) is 17.6. The van der Waals surface area contributed by atoms with E-state index in [0.29, 0.717) is 12.1 Å². The van der Waals surface area contributed by atoms with E-state index in [-0.39, 0.29) is 11.7 Å². The van der Waals surface area contributed by atoms with E-state index in [9.17, 15) is 4.39 Å². The van der Waals surface area contributed by atoms with Crippen LogP contribution in [-0.4, -0.2) is 16.7 Å². The molecule has 2 aromatic carbocycles. The van der Waals surface area contributed by atoms with Crippen molar-refractivity contribution < 1.29 is 4.39 Å². The van der Waals surface area contributed by atoms with Crippen molar-refractivity contribution >= 4 is 5.82 Å². The second-order valence-corrected chi connectivity index (χ2v) is 6.29. The lowest BCUT2D eigenvalue weighted by atomic mass is 10.0. The van der Waals surface area contributed by atoms with Crippen molar-refractivity contribution in [1.29, 1.82) is 5.26 Å². The predicted octanol–water partition coefficient (Wildman–Crippen LogP) is 4.68. The average Bonchev–Trinajstić information content (AvgIpc) is 2.67. The molecular formula is C21H19FN4. The molecule has 0 aliphatic carbocycles. The summed E-state index contributed by atoms with van der Waals surface area (Å²) in [4.78, 5) is 0. The van der Waals surface area contributed by atoms with Crippen LogP contribution in [0.1, 0.15) is 29.5 Å². The van der Waals surface area contributed by atoms with Crippen LogP contribution >= 0.6 is 0 Å². The van der Waals surface area contributed by atoms with Crippen LogP contribution in [0.3, 0.4) is 0 Å². The number of aromatic nitrogens is 2. The molecule has 1 aromatic heterocycles. The topological polar surface area (TPSA) is 61.6 Å². The molecule has 0 fully saturated rings. The van der Waals surface area contributed by atoms with Crippen LogP contribution in [0.4, 0.5) is 10.2 Å². The van der Waals surface area contributed by atoms with Crippen molar-refractivity contribution in [2.24, 2.45) is 0 Å². The van der Waals surface area contributed by atoms with Crippen molar-refractivity contribution in [1.82, 2.24) is 10.2 Å². The second kappa shape index (κ2) is 7.75. The summed E-state index contributed by atoms with van der Waals surface area (Å²) >= 11 is 0. The minimum Gasteiger partial charge on any atom is -0.368 e. The van der Waals surface area contributed by atoms with Crippen LogP contribution in [0.2, 0.25) is 0 Å². The fourth-order valence-electron chi connectivity index (χ4n) is 2.71. The fraction of sp³-hybridized carbons (Fsp3) is 0.190. The Balaban J connectivity index is 1.71. The van der Waals surface area contributed by atoms with Crippen LogP contribution in [0.15, 0.2) is 54.6 Å². The highest BCUT2D eigenvalue weighted by Crippen LogP contribution is 2.22. The van der Waals surface area contributed by atoms with Crippen molar-refractivity contribution in [3.8, 4) is 17.3 Å². The van der Waals surface area contributed by atoms with E-state index in [1.165, 1.54) is 12.1 Å². The predicted molar refractivity (Wildman–Crippen MR) is 100 cm³/mol. The first-order valence-corrected chi connectivity index (χ1v) is 8.41. The summed E-state index contributed by atoms with van der Waals surface area (Å²) in [5.41, 5.74) is 4.23. The highest BCUT2D eigenvalue weighted by molar-refractivity contribution is 5.63. The number of benzene rings is 2. The third kappa shape index (κ3) is 4.04. The van der Waals surface area contributed by atoms with E-state index in [2.05, 4.69) is 28.5 Å². The van der Waals surface area contributed by atoms with Crippen LogP contribution in [0, 0.1) is 24.1 Å². The molecule has 0 aliphatic heterocycles. The summed E-state index contributed by atoms with van der Waals surface area (Å²) in [7, 11) is 0. The smallest absolute Gasteiger partial charge is 0.151 e. The maximum absolute atomic E-state index is 13.0. The molecule has 1 atom stereocenters. The lowest BCUT2D eigenvalue weighted by Gasteiger charge is -2.15. The Kier molecular flexibility index (Phi) is 5.23. The van der Waals surface area contributed by atoms with Gasteiger partial charge in [0.25, 0.3) is 0 Å². The van der Waals surface area contributed by atoms with Gasteiger partial charge in [-0.05, 0) is 54.3 Å². The minimum atomic E-state index is -0.230. The Morgan fingerprint density at radius 2 is 1.88 bits per heavy atom. The van der Waals surface area contributed by atoms with Gasteiger partial charge in [0.1, 0.15) is 5.82 Å². The molecule has 0 amide bonds. The quantitative estimate of drug-likeness (QED) is 0.729. The number of hydrogen-bond acceptors (Lipinski definition) is 4. The Hall–Kier alpha value is -3.26. The highest BCUT2D eigenvalue weighted by Gasteiger charge is 2.09. The van der Waals surface area contributed by atoms with Gasteiger partial charge in [0, 0.05) is 12.1 Å². The fourth-order valence-corrected chi connectivity index (χ4v) is 2.71. The van der Waals surface area contributed by atoms with Gasteiger partial charge >= 0.3 is 0 Å². The van der Waals surface area contributed by atoms with Crippen LogP contribution in [0.5, 0.6) is 0 Å². The van der Waals surface area contributed by atoms with E-state index in [4.69, 9.17) is 5.26 Å². The number of halogens is 1. The molecule has 130 valence electrons. The van der Waals surface area contributed by atoms with Gasteiger partial charge in [0.05, 0.1) is 17.3 Å². The Morgan fingerprint density at radius 1 is 1.12 bits per heavy atom. The van der Waals surface area contributed by atoms with Crippen LogP contribution in [0.25, 0.3) is 11.3 Å². The Labute approximate surface area is 152 Å². The lowest BCUT2D eigenvalue weighted by molar-refractivity contribution is 0.626. The molecule has 1 unspecified atom stereocenters. The molecular weight excluding hydrogens is 327 g/mol. The molecule has 3 rings (SSSR count). The third-order valence-corrected chi connectivity index (χ3v) is 4.29. The van der Waals surface area contributed by atoms with E-state index >= 15 is 0 Å². The normalized spacial score (nSPS) is 11.6. The van der Waals surface area contributed by atoms with Crippen LogP contribution in [-0.2, 0) is 0 Å². The molecule has 26 heavy (non-hydrogen) atoms. The number of nitrogens with one attached hydrogen (secondary N) is 1. The number of anilines is 1. The zero-order chi connectivity index (χ0) is 18.5. The zero-order valence-electron chi connectivity index (χ0n) is 14.7. The van der Waals surface area contributed by atoms with Crippen molar-refractivity contribution in [3.63, 3.8) is 0 Å². The summed E-state index contributed by atoms with van der Waals surface area (Å²) in [6.45, 7) is 4.71. The number of nitrogens with zero attached hydrogens (tertiary/aromatic N) is 3. The molecule has 1 N–H and O–H groups in total. The largest absolute Gasteiger partial charge is 0.368 e. The number of rotatable bonds is 5. The first-order valence-electron chi connectivity index (χ1n) is 8.41. The summed E-state index contributed by atoms with van der Waals surface area (Å²) < 4.78 is 13.0. The van der Waals surface area contributed by atoms with Crippen molar-refractivity contribution in [2.45, 2.75) is 19.8 Å². The molecule has 5 heteroatoms. The monoisotopic (exact) mass is 346 g/mol. The van der Waals surface area contributed by atoms with Gasteiger partial charge in [0.15, 0.2) is 5.82 Å². The minimum absolute atomic E-state index is 0.212. The van der Waals surface area contributed by atoms with Crippen molar-refractivity contribution in [3.05, 3.63) is 77.1 Å². The molecule has 0 spiro atoms. The standard InChI is InChI=1S/C21H19FN4/c1-14-10-20(18-5-3-4-16(11-18)12-23)25-26-21(14)24-13-15(2)17-6-8-19(22)9-7-17/h3-11,15H,13H2,1-2H3,(H,24,26). The SMILES string of the molecule is Cc1cc(-c2cccc(C#N)c2)nnc1NCC(C)c1ccc(F)cc1.